The second kappa shape index (κ2) is 6.37. The van der Waals surface area contributed by atoms with Crippen molar-refractivity contribution >= 4 is 11.9 Å². The lowest BCUT2D eigenvalue weighted by Gasteiger charge is -2.44. The molecule has 0 aromatic carbocycles. The van der Waals surface area contributed by atoms with E-state index in [1.165, 1.54) is 4.90 Å². The predicted octanol–water partition coefficient (Wildman–Crippen LogP) is 1.61. The van der Waals surface area contributed by atoms with E-state index in [-0.39, 0.29) is 23.8 Å². The van der Waals surface area contributed by atoms with Crippen LogP contribution in [0.1, 0.15) is 52.9 Å². The number of piperidine rings is 1. The Hall–Kier alpha value is -1.10. The van der Waals surface area contributed by atoms with Crippen molar-refractivity contribution in [3.8, 4) is 0 Å². The number of hydrogen-bond acceptors (Lipinski definition) is 3. The zero-order valence-electron chi connectivity index (χ0n) is 12.2. The van der Waals surface area contributed by atoms with Crippen LogP contribution in [0.15, 0.2) is 0 Å². The second-order valence-electron chi connectivity index (χ2n) is 6.17. The molecule has 2 atom stereocenters. The molecule has 1 rings (SSSR count). The zero-order chi connectivity index (χ0) is 14.6. The van der Waals surface area contributed by atoms with Gasteiger partial charge in [-0.25, -0.2) is 4.79 Å². The van der Waals surface area contributed by atoms with Crippen LogP contribution in [-0.2, 0) is 9.59 Å². The first-order valence-electron chi connectivity index (χ1n) is 7.07. The second-order valence-corrected chi connectivity index (χ2v) is 6.17. The van der Waals surface area contributed by atoms with E-state index in [1.54, 1.807) is 0 Å². The molecule has 110 valence electrons. The van der Waals surface area contributed by atoms with E-state index in [4.69, 9.17) is 5.73 Å². The van der Waals surface area contributed by atoms with Crippen LogP contribution in [0.25, 0.3) is 0 Å². The van der Waals surface area contributed by atoms with E-state index in [9.17, 15) is 14.7 Å². The molecular weight excluding hydrogens is 244 g/mol. The molecule has 0 aromatic rings. The minimum absolute atomic E-state index is 0.124. The Bertz CT molecular complexity index is 342. The third kappa shape index (κ3) is 3.93. The molecule has 1 saturated heterocycles. The van der Waals surface area contributed by atoms with Gasteiger partial charge >= 0.3 is 5.97 Å². The molecule has 1 fully saturated rings. The Morgan fingerprint density at radius 2 is 2.11 bits per heavy atom. The first-order chi connectivity index (χ1) is 8.79. The zero-order valence-corrected chi connectivity index (χ0v) is 12.2. The van der Waals surface area contributed by atoms with Crippen LogP contribution in [0.4, 0.5) is 0 Å². The van der Waals surface area contributed by atoms with Crippen LogP contribution in [0.3, 0.4) is 0 Å². The molecular formula is C14H26N2O3. The van der Waals surface area contributed by atoms with Gasteiger partial charge in [-0.05, 0) is 24.7 Å². The lowest BCUT2D eigenvalue weighted by atomic mass is 9.76. The quantitative estimate of drug-likeness (QED) is 0.795. The smallest absolute Gasteiger partial charge is 0.326 e. The number of likely N-dealkylation sites (tertiary alicyclic amines) is 1. The number of nitrogens with zero attached hydrogens (tertiary/aromatic N) is 1. The maximum absolute atomic E-state index is 12.3. The van der Waals surface area contributed by atoms with Gasteiger partial charge in [0.25, 0.3) is 0 Å². The average molecular weight is 270 g/mol. The van der Waals surface area contributed by atoms with Crippen molar-refractivity contribution in [2.45, 2.75) is 65.0 Å². The molecule has 5 nitrogen and oxygen atoms in total. The van der Waals surface area contributed by atoms with Crippen LogP contribution in [-0.4, -0.2) is 40.5 Å². The molecule has 0 aromatic heterocycles. The highest BCUT2D eigenvalue weighted by atomic mass is 16.4. The first kappa shape index (κ1) is 16.0. The molecule has 1 aliphatic rings. The number of rotatable bonds is 5. The Labute approximate surface area is 115 Å². The first-order valence-corrected chi connectivity index (χ1v) is 7.07. The van der Waals surface area contributed by atoms with Gasteiger partial charge in [-0.15, -0.1) is 0 Å². The summed E-state index contributed by atoms with van der Waals surface area (Å²) >= 11 is 0. The van der Waals surface area contributed by atoms with Crippen LogP contribution in [0, 0.1) is 5.41 Å². The minimum Gasteiger partial charge on any atom is -0.480 e. The molecule has 1 aliphatic heterocycles. The van der Waals surface area contributed by atoms with Crippen molar-refractivity contribution in [2.24, 2.45) is 11.1 Å². The van der Waals surface area contributed by atoms with E-state index < -0.39 is 12.0 Å². The maximum Gasteiger partial charge on any atom is 0.326 e. The number of hydrogen-bond donors (Lipinski definition) is 2. The SMILES string of the molecule is CCCC(N)CC(=O)N1CCCC(C)(C)C1C(=O)O. The third-order valence-electron chi connectivity index (χ3n) is 3.92. The maximum atomic E-state index is 12.3. The van der Waals surface area contributed by atoms with E-state index >= 15 is 0 Å². The number of amides is 1. The molecule has 1 heterocycles. The normalized spacial score (nSPS) is 24.0. The van der Waals surface area contributed by atoms with Crippen molar-refractivity contribution in [1.29, 1.82) is 0 Å². The number of carboxylic acids is 1. The van der Waals surface area contributed by atoms with Gasteiger partial charge in [0.05, 0.1) is 0 Å². The molecule has 0 aliphatic carbocycles. The molecule has 0 radical (unpaired) electrons. The summed E-state index contributed by atoms with van der Waals surface area (Å²) in [7, 11) is 0. The molecule has 19 heavy (non-hydrogen) atoms. The fourth-order valence-electron chi connectivity index (χ4n) is 2.94. The van der Waals surface area contributed by atoms with Crippen LogP contribution < -0.4 is 5.73 Å². The summed E-state index contributed by atoms with van der Waals surface area (Å²) in [4.78, 5) is 25.3. The van der Waals surface area contributed by atoms with E-state index in [0.717, 1.165) is 25.7 Å². The third-order valence-corrected chi connectivity index (χ3v) is 3.92. The summed E-state index contributed by atoms with van der Waals surface area (Å²) in [5.41, 5.74) is 5.51. The van der Waals surface area contributed by atoms with Crippen LogP contribution >= 0.6 is 0 Å². The summed E-state index contributed by atoms with van der Waals surface area (Å²) < 4.78 is 0. The number of carboxylic acid groups (broad SMARTS) is 1. The monoisotopic (exact) mass is 270 g/mol. The Balaban J connectivity index is 2.78. The van der Waals surface area contributed by atoms with Gasteiger partial charge in [-0.3, -0.25) is 4.79 Å². The topological polar surface area (TPSA) is 83.6 Å². The van der Waals surface area contributed by atoms with Crippen molar-refractivity contribution in [1.82, 2.24) is 4.90 Å². The number of carbonyl (C=O) groups excluding carboxylic acids is 1. The van der Waals surface area contributed by atoms with Gasteiger partial charge in [-0.1, -0.05) is 27.2 Å². The summed E-state index contributed by atoms with van der Waals surface area (Å²) in [5, 5.41) is 9.41. The fraction of sp³-hybridized carbons (Fsp3) is 0.857. The van der Waals surface area contributed by atoms with E-state index in [0.29, 0.717) is 6.54 Å². The summed E-state index contributed by atoms with van der Waals surface area (Å²) in [6, 6.07) is -0.903. The highest BCUT2D eigenvalue weighted by molar-refractivity contribution is 5.84. The van der Waals surface area contributed by atoms with Gasteiger partial charge in [0, 0.05) is 19.0 Å². The minimum atomic E-state index is -0.915. The van der Waals surface area contributed by atoms with Crippen molar-refractivity contribution in [2.75, 3.05) is 6.54 Å². The number of carbonyl (C=O) groups is 2. The largest absolute Gasteiger partial charge is 0.480 e. The van der Waals surface area contributed by atoms with Crippen molar-refractivity contribution in [3.05, 3.63) is 0 Å². The van der Waals surface area contributed by atoms with Gasteiger partial charge in [0.1, 0.15) is 6.04 Å². The van der Waals surface area contributed by atoms with Gasteiger partial charge in [0.15, 0.2) is 0 Å². The van der Waals surface area contributed by atoms with Crippen molar-refractivity contribution in [3.63, 3.8) is 0 Å². The molecule has 5 heteroatoms. The lowest BCUT2D eigenvalue weighted by Crippen LogP contribution is -2.56. The highest BCUT2D eigenvalue weighted by Crippen LogP contribution is 2.35. The van der Waals surface area contributed by atoms with E-state index in [2.05, 4.69) is 0 Å². The Morgan fingerprint density at radius 3 is 2.63 bits per heavy atom. The summed E-state index contributed by atoms with van der Waals surface area (Å²) in [5.74, 6) is -1.04. The Morgan fingerprint density at radius 1 is 1.47 bits per heavy atom. The van der Waals surface area contributed by atoms with Gasteiger partial charge in [0.2, 0.25) is 5.91 Å². The predicted molar refractivity (Wildman–Crippen MR) is 73.7 cm³/mol. The Kier molecular flexibility index (Phi) is 5.35. The molecule has 0 saturated carbocycles. The van der Waals surface area contributed by atoms with Crippen molar-refractivity contribution < 1.29 is 14.7 Å². The molecule has 3 N–H and O–H groups in total. The molecule has 2 unspecified atom stereocenters. The van der Waals surface area contributed by atoms with Gasteiger partial charge in [-0.2, -0.15) is 0 Å². The van der Waals surface area contributed by atoms with Gasteiger partial charge < -0.3 is 15.7 Å². The lowest BCUT2D eigenvalue weighted by molar-refractivity contribution is -0.159. The average Bonchev–Trinajstić information content (AvgIpc) is 2.26. The standard InChI is InChI=1S/C14H26N2O3/c1-4-6-10(15)9-11(17)16-8-5-7-14(2,3)12(16)13(18)19/h10,12H,4-9,15H2,1-3H3,(H,18,19). The highest BCUT2D eigenvalue weighted by Gasteiger charge is 2.44. The fourth-order valence-corrected chi connectivity index (χ4v) is 2.94. The molecule has 0 spiro atoms. The number of aliphatic carboxylic acids is 1. The summed E-state index contributed by atoms with van der Waals surface area (Å²) in [6.45, 7) is 6.38. The number of nitrogens with two attached hydrogens (primary N) is 1. The van der Waals surface area contributed by atoms with E-state index in [1.807, 2.05) is 20.8 Å². The molecule has 0 bridgehead atoms. The summed E-state index contributed by atoms with van der Waals surface area (Å²) in [6.07, 6.45) is 3.65. The van der Waals surface area contributed by atoms with Crippen LogP contribution in [0.5, 0.6) is 0 Å². The van der Waals surface area contributed by atoms with Crippen LogP contribution in [0.2, 0.25) is 0 Å². The molecule has 1 amide bonds.